The Balaban J connectivity index is 0.00000128. The minimum atomic E-state index is -0.254. The van der Waals surface area contributed by atoms with Crippen molar-refractivity contribution in [1.29, 1.82) is 0 Å². The van der Waals surface area contributed by atoms with Gasteiger partial charge in [0, 0.05) is 6.54 Å². The van der Waals surface area contributed by atoms with Crippen molar-refractivity contribution in [3.05, 3.63) is 41.5 Å². The third kappa shape index (κ3) is 2.37. The van der Waals surface area contributed by atoms with Gasteiger partial charge >= 0.3 is 0 Å². The molecule has 1 aromatic heterocycles. The van der Waals surface area contributed by atoms with Crippen LogP contribution >= 0.6 is 12.4 Å². The number of nitrogens with two attached hydrogens (primary N) is 1. The Hall–Kier alpha value is -1.46. The predicted molar refractivity (Wildman–Crippen MR) is 61.2 cm³/mol. The van der Waals surface area contributed by atoms with Gasteiger partial charge in [-0.2, -0.15) is 0 Å². The number of nitrogens with zero attached hydrogens (tertiary/aromatic N) is 3. The third-order valence-corrected chi connectivity index (χ3v) is 2.16. The third-order valence-electron chi connectivity index (χ3n) is 2.16. The molecule has 2 N–H and O–H groups in total. The maximum absolute atomic E-state index is 12.9. The average molecular weight is 243 g/mol. The fourth-order valence-electron chi connectivity index (χ4n) is 1.39. The van der Waals surface area contributed by atoms with Gasteiger partial charge in [0.1, 0.15) is 5.82 Å². The number of rotatable bonds is 2. The number of benzene rings is 1. The van der Waals surface area contributed by atoms with Gasteiger partial charge in [-0.15, -0.1) is 17.5 Å². The van der Waals surface area contributed by atoms with Crippen molar-refractivity contribution < 1.29 is 4.39 Å². The second-order valence-corrected chi connectivity index (χ2v) is 3.29. The van der Waals surface area contributed by atoms with Gasteiger partial charge < -0.3 is 5.73 Å². The van der Waals surface area contributed by atoms with Crippen molar-refractivity contribution in [2.75, 3.05) is 0 Å². The van der Waals surface area contributed by atoms with Crippen LogP contribution in [0.15, 0.2) is 24.4 Å². The zero-order valence-electron chi connectivity index (χ0n) is 8.72. The summed E-state index contributed by atoms with van der Waals surface area (Å²) in [7, 11) is 0. The van der Waals surface area contributed by atoms with Crippen molar-refractivity contribution >= 4 is 12.4 Å². The molecule has 0 atom stereocenters. The van der Waals surface area contributed by atoms with E-state index in [-0.39, 0.29) is 18.2 Å². The van der Waals surface area contributed by atoms with E-state index in [1.54, 1.807) is 16.9 Å². The summed E-state index contributed by atoms with van der Waals surface area (Å²) in [6.45, 7) is 2.17. The molecule has 1 heterocycles. The summed E-state index contributed by atoms with van der Waals surface area (Å²) >= 11 is 0. The highest BCUT2D eigenvalue weighted by Gasteiger charge is 2.04. The number of aromatic nitrogens is 3. The first-order chi connectivity index (χ1) is 7.20. The molecule has 0 aliphatic heterocycles. The molecule has 4 nitrogen and oxygen atoms in total. The Morgan fingerprint density at radius 1 is 1.44 bits per heavy atom. The lowest BCUT2D eigenvalue weighted by Crippen LogP contribution is -1.98. The Labute approximate surface area is 98.7 Å². The second kappa shape index (κ2) is 5.05. The van der Waals surface area contributed by atoms with E-state index in [1.165, 1.54) is 12.1 Å². The lowest BCUT2D eigenvalue weighted by atomic mass is 10.2. The molecule has 0 aliphatic carbocycles. The Morgan fingerprint density at radius 3 is 2.75 bits per heavy atom. The van der Waals surface area contributed by atoms with E-state index in [2.05, 4.69) is 10.3 Å². The molecule has 6 heteroatoms. The summed E-state index contributed by atoms with van der Waals surface area (Å²) in [5.41, 5.74) is 7.75. The topological polar surface area (TPSA) is 56.7 Å². The lowest BCUT2D eigenvalue weighted by Gasteiger charge is -2.03. The summed E-state index contributed by atoms with van der Waals surface area (Å²) in [5, 5.41) is 7.78. The van der Waals surface area contributed by atoms with Crippen LogP contribution in [0.25, 0.3) is 5.69 Å². The number of aryl methyl sites for hydroxylation is 1. The molecule has 2 aromatic rings. The van der Waals surface area contributed by atoms with Crippen LogP contribution in [0.3, 0.4) is 0 Å². The van der Waals surface area contributed by atoms with Crippen LogP contribution in [-0.2, 0) is 6.54 Å². The van der Waals surface area contributed by atoms with Gasteiger partial charge in [-0.1, -0.05) is 5.21 Å². The van der Waals surface area contributed by atoms with Crippen LogP contribution in [0.5, 0.6) is 0 Å². The molecule has 1 aromatic carbocycles. The van der Waals surface area contributed by atoms with Crippen LogP contribution in [0, 0.1) is 12.7 Å². The largest absolute Gasteiger partial charge is 0.325 e. The molecule has 0 unspecified atom stereocenters. The highest BCUT2D eigenvalue weighted by atomic mass is 35.5. The summed E-state index contributed by atoms with van der Waals surface area (Å²) in [5.74, 6) is -0.254. The fraction of sp³-hybridized carbons (Fsp3) is 0.200. The van der Waals surface area contributed by atoms with E-state index < -0.39 is 0 Å². The van der Waals surface area contributed by atoms with Gasteiger partial charge in [0.2, 0.25) is 0 Å². The van der Waals surface area contributed by atoms with Gasteiger partial charge in [0.15, 0.2) is 0 Å². The van der Waals surface area contributed by atoms with Gasteiger partial charge in [-0.25, -0.2) is 9.07 Å². The first-order valence-corrected chi connectivity index (χ1v) is 4.58. The average Bonchev–Trinajstić information content (AvgIpc) is 2.66. The standard InChI is InChI=1S/C10H11FN4.ClH/c1-7-4-8(11)2-3-10(7)15-6-9(5-12)13-14-15;/h2-4,6H,5,12H2,1H3;1H. The Bertz CT molecular complexity index is 483. The van der Waals surface area contributed by atoms with Gasteiger partial charge in [-0.05, 0) is 30.7 Å². The van der Waals surface area contributed by atoms with Crippen molar-refractivity contribution in [2.45, 2.75) is 13.5 Å². The van der Waals surface area contributed by atoms with Crippen LogP contribution in [0.1, 0.15) is 11.3 Å². The first-order valence-electron chi connectivity index (χ1n) is 4.58. The number of hydrogen-bond acceptors (Lipinski definition) is 3. The van der Waals surface area contributed by atoms with Crippen LogP contribution in [-0.4, -0.2) is 15.0 Å². The molecule has 16 heavy (non-hydrogen) atoms. The molecule has 0 spiro atoms. The Kier molecular flexibility index (Phi) is 3.98. The normalized spacial score (nSPS) is 9.94. The molecule has 0 aliphatic rings. The quantitative estimate of drug-likeness (QED) is 0.870. The van der Waals surface area contributed by atoms with Crippen molar-refractivity contribution in [3.63, 3.8) is 0 Å². The van der Waals surface area contributed by atoms with Crippen molar-refractivity contribution in [1.82, 2.24) is 15.0 Å². The van der Waals surface area contributed by atoms with E-state index in [9.17, 15) is 4.39 Å². The van der Waals surface area contributed by atoms with Gasteiger partial charge in [-0.3, -0.25) is 0 Å². The Morgan fingerprint density at radius 2 is 2.19 bits per heavy atom. The predicted octanol–water partition coefficient (Wildman–Crippen LogP) is 1.60. The number of hydrogen-bond donors (Lipinski definition) is 1. The molecule has 0 saturated heterocycles. The summed E-state index contributed by atoms with van der Waals surface area (Å²) in [4.78, 5) is 0. The fourth-order valence-corrected chi connectivity index (χ4v) is 1.39. The maximum atomic E-state index is 12.9. The summed E-state index contributed by atoms with van der Waals surface area (Å²) in [6, 6.07) is 4.52. The number of halogens is 2. The highest BCUT2D eigenvalue weighted by Crippen LogP contribution is 2.14. The molecule has 2 rings (SSSR count). The molecule has 86 valence electrons. The van der Waals surface area contributed by atoms with E-state index in [0.717, 1.165) is 11.3 Å². The summed E-state index contributed by atoms with van der Waals surface area (Å²) in [6.07, 6.45) is 1.74. The lowest BCUT2D eigenvalue weighted by molar-refractivity contribution is 0.625. The van der Waals surface area contributed by atoms with E-state index >= 15 is 0 Å². The minimum Gasteiger partial charge on any atom is -0.325 e. The molecule has 0 bridgehead atoms. The first kappa shape index (κ1) is 12.6. The molecular weight excluding hydrogens is 231 g/mol. The molecular formula is C10H12ClFN4. The molecule has 0 amide bonds. The van der Waals surface area contributed by atoms with Crippen LogP contribution in [0.4, 0.5) is 4.39 Å². The zero-order valence-corrected chi connectivity index (χ0v) is 9.54. The second-order valence-electron chi connectivity index (χ2n) is 3.29. The van der Waals surface area contributed by atoms with Crippen LogP contribution < -0.4 is 5.73 Å². The van der Waals surface area contributed by atoms with Gasteiger partial charge in [0.25, 0.3) is 0 Å². The van der Waals surface area contributed by atoms with E-state index in [4.69, 9.17) is 5.73 Å². The van der Waals surface area contributed by atoms with Crippen molar-refractivity contribution in [3.8, 4) is 5.69 Å². The summed E-state index contributed by atoms with van der Waals surface area (Å²) < 4.78 is 14.5. The highest BCUT2D eigenvalue weighted by molar-refractivity contribution is 5.85. The molecule has 0 fully saturated rings. The van der Waals surface area contributed by atoms with E-state index in [0.29, 0.717) is 12.2 Å². The SMILES string of the molecule is Cc1cc(F)ccc1-n1cc(CN)nn1.Cl. The van der Waals surface area contributed by atoms with Gasteiger partial charge in [0.05, 0.1) is 17.6 Å². The monoisotopic (exact) mass is 242 g/mol. The van der Waals surface area contributed by atoms with E-state index in [1.807, 2.05) is 6.92 Å². The molecule has 0 radical (unpaired) electrons. The smallest absolute Gasteiger partial charge is 0.123 e. The zero-order chi connectivity index (χ0) is 10.8. The minimum absolute atomic E-state index is 0. The van der Waals surface area contributed by atoms with Crippen molar-refractivity contribution in [2.24, 2.45) is 5.73 Å². The maximum Gasteiger partial charge on any atom is 0.123 e. The van der Waals surface area contributed by atoms with Crippen LogP contribution in [0.2, 0.25) is 0 Å². The molecule has 0 saturated carbocycles.